The molecule has 1 saturated heterocycles. The molecule has 0 spiro atoms. The molecule has 0 aliphatic carbocycles. The van der Waals surface area contributed by atoms with Crippen molar-refractivity contribution < 1.29 is 4.79 Å². The molecule has 4 rings (SSSR count). The summed E-state index contributed by atoms with van der Waals surface area (Å²) in [6.45, 7) is 6.51. The molecule has 3 heterocycles. The zero-order valence-electron chi connectivity index (χ0n) is 16.4. The van der Waals surface area contributed by atoms with Gasteiger partial charge < -0.3 is 14.8 Å². The number of benzene rings is 1. The number of aryl methyl sites for hydroxylation is 3. The minimum Gasteiger partial charge on any atom is -0.334 e. The minimum absolute atomic E-state index is 0.00725. The summed E-state index contributed by atoms with van der Waals surface area (Å²) >= 11 is 0. The Kier molecular flexibility index (Phi) is 5.14. The van der Waals surface area contributed by atoms with Gasteiger partial charge in [-0.1, -0.05) is 23.8 Å². The van der Waals surface area contributed by atoms with Gasteiger partial charge in [0.2, 0.25) is 0 Å². The molecule has 1 N–H and O–H groups in total. The predicted octanol–water partition coefficient (Wildman–Crippen LogP) is 3.67. The van der Waals surface area contributed by atoms with Crippen molar-refractivity contribution in [3.63, 3.8) is 0 Å². The zero-order valence-corrected chi connectivity index (χ0v) is 16.4. The molecule has 1 aromatic heterocycles. The van der Waals surface area contributed by atoms with Gasteiger partial charge in [-0.05, 0) is 57.1 Å². The molecule has 6 heteroatoms. The number of nitrogens with one attached hydrogen (secondary N) is 1. The topological polar surface area (TPSA) is 63.1 Å². The van der Waals surface area contributed by atoms with Crippen LogP contribution in [0.1, 0.15) is 66.5 Å². The summed E-state index contributed by atoms with van der Waals surface area (Å²) < 4.78 is 2.25. The van der Waals surface area contributed by atoms with E-state index in [2.05, 4.69) is 52.1 Å². The Morgan fingerprint density at radius 1 is 1.15 bits per heavy atom. The lowest BCUT2D eigenvalue weighted by Gasteiger charge is -2.35. The molecule has 2 aliphatic rings. The van der Waals surface area contributed by atoms with Crippen LogP contribution >= 0.6 is 0 Å². The molecule has 1 atom stereocenters. The van der Waals surface area contributed by atoms with Crippen molar-refractivity contribution in [1.29, 1.82) is 0 Å². The van der Waals surface area contributed by atoms with E-state index in [0.717, 1.165) is 50.4 Å². The van der Waals surface area contributed by atoms with E-state index in [1.165, 1.54) is 29.5 Å². The minimum atomic E-state index is 0.00725. The lowest BCUT2D eigenvalue weighted by molar-refractivity contribution is 0.144. The molecule has 2 aromatic rings. The van der Waals surface area contributed by atoms with E-state index in [1.54, 1.807) is 0 Å². The first-order valence-corrected chi connectivity index (χ1v) is 10.2. The number of hydrogen-bond acceptors (Lipinski definition) is 3. The van der Waals surface area contributed by atoms with Gasteiger partial charge in [0.05, 0.1) is 6.04 Å². The van der Waals surface area contributed by atoms with Crippen LogP contribution in [-0.2, 0) is 19.5 Å². The molecule has 0 bridgehead atoms. The molecule has 2 aliphatic heterocycles. The summed E-state index contributed by atoms with van der Waals surface area (Å²) in [5.74, 6) is 2.06. The summed E-state index contributed by atoms with van der Waals surface area (Å²) in [6, 6.07) is 6.41. The normalized spacial score (nSPS) is 19.6. The maximum atomic E-state index is 13.0. The first-order chi connectivity index (χ1) is 13.1. The summed E-state index contributed by atoms with van der Waals surface area (Å²) in [4.78, 5) is 15.0. The molecule has 144 valence electrons. The highest BCUT2D eigenvalue weighted by Gasteiger charge is 2.32. The molecular weight excluding hydrogens is 338 g/mol. The smallest absolute Gasteiger partial charge is 0.318 e. The number of aromatic nitrogens is 3. The quantitative estimate of drug-likeness (QED) is 0.900. The zero-order chi connectivity index (χ0) is 18.8. The van der Waals surface area contributed by atoms with Gasteiger partial charge in [0.1, 0.15) is 5.82 Å². The molecule has 1 unspecified atom stereocenters. The van der Waals surface area contributed by atoms with Gasteiger partial charge >= 0.3 is 6.03 Å². The summed E-state index contributed by atoms with van der Waals surface area (Å²) in [5, 5.41) is 12.0. The Morgan fingerprint density at radius 3 is 2.85 bits per heavy atom. The number of likely N-dealkylation sites (tertiary alicyclic amines) is 1. The van der Waals surface area contributed by atoms with Crippen LogP contribution < -0.4 is 5.32 Å². The Labute approximate surface area is 161 Å². The van der Waals surface area contributed by atoms with Gasteiger partial charge in [-0.15, -0.1) is 10.2 Å². The fraction of sp³-hybridized carbons (Fsp3) is 0.571. The lowest BCUT2D eigenvalue weighted by atomic mass is 10.0. The fourth-order valence-electron chi connectivity index (χ4n) is 4.34. The highest BCUT2D eigenvalue weighted by atomic mass is 16.2. The van der Waals surface area contributed by atoms with Gasteiger partial charge in [0.25, 0.3) is 0 Å². The highest BCUT2D eigenvalue weighted by Crippen LogP contribution is 2.31. The van der Waals surface area contributed by atoms with Crippen molar-refractivity contribution in [3.05, 3.63) is 46.5 Å². The number of urea groups is 1. The van der Waals surface area contributed by atoms with Crippen molar-refractivity contribution in [2.45, 2.75) is 71.5 Å². The molecule has 1 fully saturated rings. The number of nitrogens with zero attached hydrogens (tertiary/aromatic N) is 4. The fourth-order valence-corrected chi connectivity index (χ4v) is 4.34. The maximum absolute atomic E-state index is 13.0. The van der Waals surface area contributed by atoms with Gasteiger partial charge in [-0.25, -0.2) is 4.79 Å². The van der Waals surface area contributed by atoms with E-state index in [9.17, 15) is 4.79 Å². The molecule has 6 nitrogen and oxygen atoms in total. The number of rotatable bonds is 3. The van der Waals surface area contributed by atoms with Crippen LogP contribution in [0.5, 0.6) is 0 Å². The molecule has 2 amide bonds. The van der Waals surface area contributed by atoms with Crippen molar-refractivity contribution in [1.82, 2.24) is 25.0 Å². The van der Waals surface area contributed by atoms with Crippen LogP contribution in [-0.4, -0.2) is 32.2 Å². The largest absolute Gasteiger partial charge is 0.334 e. The van der Waals surface area contributed by atoms with Gasteiger partial charge in [-0.2, -0.15) is 0 Å². The second-order valence-electron chi connectivity index (χ2n) is 7.88. The third-order valence-electron chi connectivity index (χ3n) is 5.88. The Hall–Kier alpha value is -2.37. The number of fused-ring (bicyclic) bond motifs is 1. The van der Waals surface area contributed by atoms with E-state index in [1.807, 2.05) is 4.90 Å². The van der Waals surface area contributed by atoms with E-state index < -0.39 is 0 Å². The monoisotopic (exact) mass is 367 g/mol. The van der Waals surface area contributed by atoms with Crippen LogP contribution in [0.4, 0.5) is 4.79 Å². The second kappa shape index (κ2) is 7.71. The number of amides is 2. The van der Waals surface area contributed by atoms with Crippen molar-refractivity contribution in [2.75, 3.05) is 6.54 Å². The highest BCUT2D eigenvalue weighted by molar-refractivity contribution is 5.74. The summed E-state index contributed by atoms with van der Waals surface area (Å²) in [5.41, 5.74) is 3.63. The van der Waals surface area contributed by atoms with Crippen LogP contribution in [0.25, 0.3) is 0 Å². The average molecular weight is 367 g/mol. The Bertz CT molecular complexity index is 828. The van der Waals surface area contributed by atoms with Gasteiger partial charge in [0, 0.05) is 26.1 Å². The third kappa shape index (κ3) is 3.70. The van der Waals surface area contributed by atoms with Crippen LogP contribution in [0.2, 0.25) is 0 Å². The van der Waals surface area contributed by atoms with Gasteiger partial charge in [0.15, 0.2) is 5.82 Å². The second-order valence-corrected chi connectivity index (χ2v) is 7.88. The van der Waals surface area contributed by atoms with Crippen LogP contribution in [0.15, 0.2) is 18.2 Å². The summed E-state index contributed by atoms with van der Waals surface area (Å²) in [7, 11) is 0. The van der Waals surface area contributed by atoms with E-state index >= 15 is 0 Å². The Balaban J connectivity index is 1.48. The van der Waals surface area contributed by atoms with Gasteiger partial charge in [-0.3, -0.25) is 0 Å². The molecule has 27 heavy (non-hydrogen) atoms. The average Bonchev–Trinajstić information content (AvgIpc) is 3.11. The summed E-state index contributed by atoms with van der Waals surface area (Å²) in [6.07, 6.45) is 6.50. The van der Waals surface area contributed by atoms with E-state index in [-0.39, 0.29) is 12.1 Å². The van der Waals surface area contributed by atoms with Crippen LogP contribution in [0.3, 0.4) is 0 Å². The van der Waals surface area contributed by atoms with Crippen molar-refractivity contribution >= 4 is 6.03 Å². The molecule has 0 saturated carbocycles. The predicted molar refractivity (Wildman–Crippen MR) is 104 cm³/mol. The van der Waals surface area contributed by atoms with Crippen LogP contribution in [0, 0.1) is 13.8 Å². The number of hydrogen-bond donors (Lipinski definition) is 1. The SMILES string of the molecule is Cc1ccc(CNC(=O)N2CCCCC2c2nnc3n2CCCC3)c(C)c1. The molecule has 1 aromatic carbocycles. The molecular formula is C21H29N5O. The first-order valence-electron chi connectivity index (χ1n) is 10.2. The van der Waals surface area contributed by atoms with E-state index in [0.29, 0.717) is 6.54 Å². The molecule has 0 radical (unpaired) electrons. The van der Waals surface area contributed by atoms with E-state index in [4.69, 9.17) is 0 Å². The standard InChI is InChI=1S/C21H29N5O/c1-15-9-10-17(16(2)13-15)14-22-21(27)25-11-5-3-7-18(25)20-24-23-19-8-4-6-12-26(19)20/h9-10,13,18H,3-8,11-12,14H2,1-2H3,(H,22,27). The number of piperidine rings is 1. The Morgan fingerprint density at radius 2 is 2.00 bits per heavy atom. The first kappa shape index (κ1) is 18.0. The number of carbonyl (C=O) groups excluding carboxylic acids is 1. The number of carbonyl (C=O) groups is 1. The third-order valence-corrected chi connectivity index (χ3v) is 5.88. The maximum Gasteiger partial charge on any atom is 0.318 e. The van der Waals surface area contributed by atoms with Crippen molar-refractivity contribution in [3.8, 4) is 0 Å². The lowest BCUT2D eigenvalue weighted by Crippen LogP contribution is -2.45. The van der Waals surface area contributed by atoms with Crippen molar-refractivity contribution in [2.24, 2.45) is 0 Å².